The molecule has 3 rings (SSSR count). The molecule has 24 heavy (non-hydrogen) atoms. The van der Waals surface area contributed by atoms with E-state index in [1.807, 2.05) is 54.6 Å². The number of nitrogens with one attached hydrogen (secondary N) is 2. The number of rotatable bonds is 6. The lowest BCUT2D eigenvalue weighted by atomic mass is 10.1. The predicted octanol–water partition coefficient (Wildman–Crippen LogP) is 1.60. The summed E-state index contributed by atoms with van der Waals surface area (Å²) < 4.78 is 5.71. The first-order chi connectivity index (χ1) is 11.7. The van der Waals surface area contributed by atoms with E-state index in [4.69, 9.17) is 4.74 Å². The Morgan fingerprint density at radius 1 is 1.12 bits per heavy atom. The second-order valence-electron chi connectivity index (χ2n) is 5.99. The zero-order valence-corrected chi connectivity index (χ0v) is 13.4. The van der Waals surface area contributed by atoms with Gasteiger partial charge in [0, 0.05) is 13.1 Å². The van der Waals surface area contributed by atoms with Crippen LogP contribution in [0.2, 0.25) is 0 Å². The zero-order chi connectivity index (χ0) is 16.8. The van der Waals surface area contributed by atoms with Gasteiger partial charge in [0.2, 0.25) is 5.91 Å². The monoisotopic (exact) mass is 326 g/mol. The van der Waals surface area contributed by atoms with Gasteiger partial charge in [0.15, 0.2) is 0 Å². The Morgan fingerprint density at radius 2 is 1.83 bits per heavy atom. The van der Waals surface area contributed by atoms with Crippen LogP contribution in [0.15, 0.2) is 54.6 Å². The van der Waals surface area contributed by atoms with E-state index in [-0.39, 0.29) is 11.9 Å². The summed E-state index contributed by atoms with van der Waals surface area (Å²) in [4.78, 5) is 12.0. The van der Waals surface area contributed by atoms with Crippen LogP contribution in [0.1, 0.15) is 17.5 Å². The van der Waals surface area contributed by atoms with Crippen LogP contribution in [0.5, 0.6) is 5.75 Å². The highest BCUT2D eigenvalue weighted by Gasteiger charge is 2.27. The normalized spacial score (nSPS) is 19.9. The molecule has 0 radical (unpaired) electrons. The largest absolute Gasteiger partial charge is 0.489 e. The van der Waals surface area contributed by atoms with Gasteiger partial charge in [0.25, 0.3) is 0 Å². The average Bonchev–Trinajstić information content (AvgIpc) is 3.06. The Kier molecular flexibility index (Phi) is 5.46. The lowest BCUT2D eigenvalue weighted by molar-refractivity contribution is -0.123. The third-order valence-electron chi connectivity index (χ3n) is 4.06. The second kappa shape index (κ2) is 7.95. The summed E-state index contributed by atoms with van der Waals surface area (Å²) in [6, 6.07) is 17.4. The maximum absolute atomic E-state index is 12.0. The van der Waals surface area contributed by atoms with Crippen molar-refractivity contribution in [3.05, 3.63) is 65.7 Å². The van der Waals surface area contributed by atoms with Gasteiger partial charge < -0.3 is 20.5 Å². The minimum Gasteiger partial charge on any atom is -0.489 e. The molecule has 1 saturated heterocycles. The van der Waals surface area contributed by atoms with Crippen molar-refractivity contribution >= 4 is 5.91 Å². The van der Waals surface area contributed by atoms with E-state index in [2.05, 4.69) is 10.6 Å². The predicted molar refractivity (Wildman–Crippen MR) is 91.5 cm³/mol. The molecule has 3 N–H and O–H groups in total. The molecule has 0 aliphatic carbocycles. The fraction of sp³-hybridized carbons (Fsp3) is 0.316. The van der Waals surface area contributed by atoms with Crippen molar-refractivity contribution in [2.75, 3.05) is 6.54 Å². The number of β-amino-alcohol motifs (C(OH)–C–C–N with tert-alkyl or cyclic N) is 1. The van der Waals surface area contributed by atoms with Crippen molar-refractivity contribution in [3.63, 3.8) is 0 Å². The van der Waals surface area contributed by atoms with E-state index in [9.17, 15) is 9.90 Å². The number of para-hydroxylation sites is 1. The van der Waals surface area contributed by atoms with Crippen LogP contribution in [-0.4, -0.2) is 29.7 Å². The molecule has 2 atom stereocenters. The van der Waals surface area contributed by atoms with Crippen LogP contribution in [0.3, 0.4) is 0 Å². The first kappa shape index (κ1) is 16.5. The topological polar surface area (TPSA) is 70.6 Å². The van der Waals surface area contributed by atoms with E-state index in [1.54, 1.807) is 0 Å². The number of aliphatic hydroxyl groups is 1. The molecule has 0 spiro atoms. The molecule has 0 saturated carbocycles. The summed E-state index contributed by atoms with van der Waals surface area (Å²) >= 11 is 0. The summed E-state index contributed by atoms with van der Waals surface area (Å²) in [7, 11) is 0. The van der Waals surface area contributed by atoms with Gasteiger partial charge in [-0.15, -0.1) is 0 Å². The number of hydrogen-bond acceptors (Lipinski definition) is 4. The van der Waals surface area contributed by atoms with E-state index < -0.39 is 6.10 Å². The second-order valence-corrected chi connectivity index (χ2v) is 5.99. The Hall–Kier alpha value is -2.37. The van der Waals surface area contributed by atoms with Crippen LogP contribution in [-0.2, 0) is 17.9 Å². The first-order valence-corrected chi connectivity index (χ1v) is 8.15. The lowest BCUT2D eigenvalue weighted by Gasteiger charge is -2.11. The summed E-state index contributed by atoms with van der Waals surface area (Å²) in [5, 5.41) is 15.3. The number of carbonyl (C=O) groups is 1. The van der Waals surface area contributed by atoms with Crippen molar-refractivity contribution < 1.29 is 14.6 Å². The Balaban J connectivity index is 1.45. The van der Waals surface area contributed by atoms with Crippen molar-refractivity contribution in [3.8, 4) is 5.75 Å². The maximum Gasteiger partial charge on any atom is 0.237 e. The Labute approximate surface area is 141 Å². The molecule has 1 aliphatic rings. The number of aliphatic hydroxyl groups excluding tert-OH is 1. The fourth-order valence-electron chi connectivity index (χ4n) is 2.67. The van der Waals surface area contributed by atoms with Gasteiger partial charge in [0.05, 0.1) is 12.1 Å². The number of amides is 1. The summed E-state index contributed by atoms with van der Waals surface area (Å²) in [5.74, 6) is 0.781. The highest BCUT2D eigenvalue weighted by atomic mass is 16.5. The van der Waals surface area contributed by atoms with Gasteiger partial charge in [-0.3, -0.25) is 4.79 Å². The average molecular weight is 326 g/mol. The Morgan fingerprint density at radius 3 is 2.50 bits per heavy atom. The molecule has 126 valence electrons. The molecule has 1 aliphatic heterocycles. The number of benzene rings is 2. The molecule has 1 amide bonds. The molecule has 1 heterocycles. The van der Waals surface area contributed by atoms with Crippen LogP contribution in [0, 0.1) is 0 Å². The Bertz CT molecular complexity index is 658. The SMILES string of the molecule is O=C(NCc1ccc(COc2ccccc2)cc1)[C@@H]1C[C@@H](O)CN1. The number of ether oxygens (including phenoxy) is 1. The van der Waals surface area contributed by atoms with E-state index in [1.165, 1.54) is 0 Å². The van der Waals surface area contributed by atoms with Crippen molar-refractivity contribution in [1.29, 1.82) is 0 Å². The maximum atomic E-state index is 12.0. The molecule has 5 heteroatoms. The van der Waals surface area contributed by atoms with Gasteiger partial charge >= 0.3 is 0 Å². The van der Waals surface area contributed by atoms with Gasteiger partial charge in [-0.25, -0.2) is 0 Å². The van der Waals surface area contributed by atoms with E-state index >= 15 is 0 Å². The lowest BCUT2D eigenvalue weighted by Crippen LogP contribution is -2.39. The molecule has 2 aromatic rings. The molecular formula is C19H22N2O3. The van der Waals surface area contributed by atoms with E-state index in [0.29, 0.717) is 26.1 Å². The summed E-state index contributed by atoms with van der Waals surface area (Å²) in [5.41, 5.74) is 2.11. The quantitative estimate of drug-likeness (QED) is 0.754. The van der Waals surface area contributed by atoms with Crippen LogP contribution in [0.4, 0.5) is 0 Å². The zero-order valence-electron chi connectivity index (χ0n) is 13.4. The van der Waals surface area contributed by atoms with Crippen LogP contribution >= 0.6 is 0 Å². The molecule has 1 fully saturated rings. The molecule has 0 bridgehead atoms. The van der Waals surface area contributed by atoms with Gasteiger partial charge in [0.1, 0.15) is 12.4 Å². The fourth-order valence-corrected chi connectivity index (χ4v) is 2.67. The first-order valence-electron chi connectivity index (χ1n) is 8.15. The molecular weight excluding hydrogens is 304 g/mol. The van der Waals surface area contributed by atoms with Gasteiger partial charge in [-0.05, 0) is 29.7 Å². The van der Waals surface area contributed by atoms with Crippen molar-refractivity contribution in [1.82, 2.24) is 10.6 Å². The highest BCUT2D eigenvalue weighted by Crippen LogP contribution is 2.12. The molecule has 0 aromatic heterocycles. The summed E-state index contributed by atoms with van der Waals surface area (Å²) in [6.45, 7) is 1.47. The summed E-state index contributed by atoms with van der Waals surface area (Å²) in [6.07, 6.45) is 0.0476. The van der Waals surface area contributed by atoms with Crippen molar-refractivity contribution in [2.45, 2.75) is 31.7 Å². The third-order valence-corrected chi connectivity index (χ3v) is 4.06. The smallest absolute Gasteiger partial charge is 0.237 e. The van der Waals surface area contributed by atoms with Gasteiger partial charge in [-0.2, -0.15) is 0 Å². The number of hydrogen-bond donors (Lipinski definition) is 3. The van der Waals surface area contributed by atoms with Gasteiger partial charge in [-0.1, -0.05) is 42.5 Å². The minimum absolute atomic E-state index is 0.0666. The molecule has 2 aromatic carbocycles. The van der Waals surface area contributed by atoms with E-state index in [0.717, 1.165) is 16.9 Å². The molecule has 5 nitrogen and oxygen atoms in total. The van der Waals surface area contributed by atoms with Crippen molar-refractivity contribution in [2.24, 2.45) is 0 Å². The molecule has 0 unspecified atom stereocenters. The van der Waals surface area contributed by atoms with Crippen LogP contribution < -0.4 is 15.4 Å². The number of carbonyl (C=O) groups excluding carboxylic acids is 1. The third kappa shape index (κ3) is 4.57. The minimum atomic E-state index is -0.426. The standard InChI is InChI=1S/C19H22N2O3/c22-16-10-18(20-12-16)19(23)21-11-14-6-8-15(9-7-14)13-24-17-4-2-1-3-5-17/h1-9,16,18,20,22H,10-13H2,(H,21,23)/t16-,18+/m1/s1. The van der Waals surface area contributed by atoms with Crippen LogP contribution in [0.25, 0.3) is 0 Å². The highest BCUT2D eigenvalue weighted by molar-refractivity contribution is 5.82.